The van der Waals surface area contributed by atoms with Crippen LogP contribution in [0.5, 0.6) is 0 Å². The molecule has 5 heteroatoms. The van der Waals surface area contributed by atoms with Crippen molar-refractivity contribution in [3.8, 4) is 0 Å². The van der Waals surface area contributed by atoms with Crippen molar-refractivity contribution >= 4 is 11.9 Å². The largest absolute Gasteiger partial charge is 0.481 e. The monoisotopic (exact) mass is 282 g/mol. The van der Waals surface area contributed by atoms with Crippen molar-refractivity contribution in [3.05, 3.63) is 0 Å². The number of piperidine rings is 1. The lowest BCUT2D eigenvalue weighted by molar-refractivity contribution is -0.145. The minimum atomic E-state index is -0.714. The Morgan fingerprint density at radius 2 is 2.00 bits per heavy atom. The summed E-state index contributed by atoms with van der Waals surface area (Å²) in [5.74, 6) is -0.304. The van der Waals surface area contributed by atoms with Crippen LogP contribution in [0.2, 0.25) is 0 Å². The zero-order chi connectivity index (χ0) is 14.5. The molecule has 4 unspecified atom stereocenters. The number of hydrogen-bond acceptors (Lipinski definition) is 3. The second-order valence-corrected chi connectivity index (χ2v) is 6.37. The first-order valence-electron chi connectivity index (χ1n) is 7.82. The minimum Gasteiger partial charge on any atom is -0.481 e. The molecule has 1 heterocycles. The molecule has 0 aromatic heterocycles. The summed E-state index contributed by atoms with van der Waals surface area (Å²) in [5, 5.41) is 15.4. The Kier molecular flexibility index (Phi) is 5.40. The second kappa shape index (κ2) is 7.07. The molecule has 1 saturated heterocycles. The van der Waals surface area contributed by atoms with E-state index in [1.54, 1.807) is 0 Å². The van der Waals surface area contributed by atoms with Crippen LogP contribution in [0.3, 0.4) is 0 Å². The Labute approximate surface area is 120 Å². The lowest BCUT2D eigenvalue weighted by Gasteiger charge is -2.31. The molecule has 3 N–H and O–H groups in total. The number of rotatable bonds is 4. The number of amides is 1. The van der Waals surface area contributed by atoms with Crippen LogP contribution >= 0.6 is 0 Å². The van der Waals surface area contributed by atoms with Crippen LogP contribution in [0.25, 0.3) is 0 Å². The number of carbonyl (C=O) groups is 2. The molecule has 2 fully saturated rings. The van der Waals surface area contributed by atoms with Crippen LogP contribution in [-0.4, -0.2) is 36.1 Å². The van der Waals surface area contributed by atoms with E-state index in [0.29, 0.717) is 12.5 Å². The molecular weight excluding hydrogens is 256 g/mol. The normalized spacial score (nSPS) is 34.5. The topological polar surface area (TPSA) is 78.4 Å². The van der Waals surface area contributed by atoms with Gasteiger partial charge in [0.05, 0.1) is 12.0 Å². The molecule has 0 aromatic rings. The molecular formula is C15H26N2O3. The second-order valence-electron chi connectivity index (χ2n) is 6.37. The van der Waals surface area contributed by atoms with Gasteiger partial charge < -0.3 is 15.7 Å². The number of carbonyl (C=O) groups excluding carboxylic acids is 1. The van der Waals surface area contributed by atoms with Gasteiger partial charge >= 0.3 is 5.97 Å². The van der Waals surface area contributed by atoms with Crippen LogP contribution in [0, 0.1) is 17.8 Å². The Hall–Kier alpha value is -1.10. The maximum atomic E-state index is 12.1. The van der Waals surface area contributed by atoms with E-state index in [1.807, 2.05) is 0 Å². The highest BCUT2D eigenvalue weighted by Crippen LogP contribution is 2.29. The van der Waals surface area contributed by atoms with Crippen LogP contribution in [0.15, 0.2) is 0 Å². The molecule has 1 aliphatic carbocycles. The lowest BCUT2D eigenvalue weighted by atomic mass is 9.79. The molecule has 5 nitrogen and oxygen atoms in total. The first kappa shape index (κ1) is 15.3. The van der Waals surface area contributed by atoms with Crippen molar-refractivity contribution in [1.29, 1.82) is 0 Å². The van der Waals surface area contributed by atoms with Gasteiger partial charge in [-0.25, -0.2) is 0 Å². The fourth-order valence-corrected chi connectivity index (χ4v) is 3.44. The van der Waals surface area contributed by atoms with E-state index < -0.39 is 5.97 Å². The van der Waals surface area contributed by atoms with Gasteiger partial charge in [0.2, 0.25) is 5.91 Å². The number of hydrogen-bond donors (Lipinski definition) is 3. The predicted molar refractivity (Wildman–Crippen MR) is 76.3 cm³/mol. The summed E-state index contributed by atoms with van der Waals surface area (Å²) in [7, 11) is 0. The third-order valence-electron chi connectivity index (χ3n) is 4.75. The van der Waals surface area contributed by atoms with Crippen molar-refractivity contribution in [3.63, 3.8) is 0 Å². The fourth-order valence-electron chi connectivity index (χ4n) is 3.44. The minimum absolute atomic E-state index is 0.0336. The summed E-state index contributed by atoms with van der Waals surface area (Å²) in [4.78, 5) is 23.4. The maximum absolute atomic E-state index is 12.1. The highest BCUT2D eigenvalue weighted by Gasteiger charge is 2.32. The standard InChI is InChI=1S/C15H26N2O3/c1-10-6-7-16-13(8-10)14(18)17-9-11-4-2-3-5-12(11)15(19)20/h10-13,16H,2-9H2,1H3,(H,17,18)(H,19,20). The van der Waals surface area contributed by atoms with Crippen molar-refractivity contribution in [1.82, 2.24) is 10.6 Å². The average Bonchev–Trinajstić information content (AvgIpc) is 2.45. The lowest BCUT2D eigenvalue weighted by Crippen LogP contribution is -2.50. The van der Waals surface area contributed by atoms with Crippen molar-refractivity contribution in [2.45, 2.75) is 51.5 Å². The first-order valence-corrected chi connectivity index (χ1v) is 7.82. The fraction of sp³-hybridized carbons (Fsp3) is 0.867. The van der Waals surface area contributed by atoms with Crippen molar-refractivity contribution < 1.29 is 14.7 Å². The van der Waals surface area contributed by atoms with E-state index in [2.05, 4.69) is 17.6 Å². The SMILES string of the molecule is CC1CCNC(C(=O)NCC2CCCCC2C(=O)O)C1. The molecule has 0 radical (unpaired) electrons. The predicted octanol–water partition coefficient (Wildman–Crippen LogP) is 1.38. The molecule has 20 heavy (non-hydrogen) atoms. The Morgan fingerprint density at radius 1 is 1.25 bits per heavy atom. The number of nitrogens with one attached hydrogen (secondary N) is 2. The van der Waals surface area contributed by atoms with Gasteiger partial charge in [0.15, 0.2) is 0 Å². The van der Waals surface area contributed by atoms with E-state index >= 15 is 0 Å². The molecule has 2 rings (SSSR count). The van der Waals surface area contributed by atoms with Crippen LogP contribution in [0.4, 0.5) is 0 Å². The maximum Gasteiger partial charge on any atom is 0.306 e. The summed E-state index contributed by atoms with van der Waals surface area (Å²) < 4.78 is 0. The summed E-state index contributed by atoms with van der Waals surface area (Å²) in [6.07, 6.45) is 5.71. The molecule has 0 bridgehead atoms. The Balaban J connectivity index is 1.81. The van der Waals surface area contributed by atoms with Crippen LogP contribution in [-0.2, 0) is 9.59 Å². The van der Waals surface area contributed by atoms with E-state index in [1.165, 1.54) is 0 Å². The highest BCUT2D eigenvalue weighted by molar-refractivity contribution is 5.82. The molecule has 0 aromatic carbocycles. The summed E-state index contributed by atoms with van der Waals surface area (Å²) in [6, 6.07) is -0.106. The van der Waals surface area contributed by atoms with E-state index in [-0.39, 0.29) is 23.8 Å². The van der Waals surface area contributed by atoms with Crippen molar-refractivity contribution in [2.24, 2.45) is 17.8 Å². The smallest absolute Gasteiger partial charge is 0.306 e. The summed E-state index contributed by atoms with van der Waals surface area (Å²) >= 11 is 0. The van der Waals surface area contributed by atoms with Gasteiger partial charge in [-0.15, -0.1) is 0 Å². The number of carboxylic acids is 1. The van der Waals surface area contributed by atoms with Gasteiger partial charge in [0, 0.05) is 6.54 Å². The highest BCUT2D eigenvalue weighted by atomic mass is 16.4. The summed E-state index contributed by atoms with van der Waals surface area (Å²) in [6.45, 7) is 3.56. The van der Waals surface area contributed by atoms with Crippen LogP contribution < -0.4 is 10.6 Å². The third-order valence-corrected chi connectivity index (χ3v) is 4.75. The van der Waals surface area contributed by atoms with Gasteiger partial charge in [0.25, 0.3) is 0 Å². The molecule has 0 spiro atoms. The Morgan fingerprint density at radius 3 is 2.70 bits per heavy atom. The zero-order valence-corrected chi connectivity index (χ0v) is 12.2. The van der Waals surface area contributed by atoms with Gasteiger partial charge in [-0.1, -0.05) is 19.8 Å². The van der Waals surface area contributed by atoms with Gasteiger partial charge in [0.1, 0.15) is 0 Å². The molecule has 2 aliphatic rings. The van der Waals surface area contributed by atoms with E-state index in [9.17, 15) is 14.7 Å². The first-order chi connectivity index (χ1) is 9.58. The van der Waals surface area contributed by atoms with Crippen molar-refractivity contribution in [2.75, 3.05) is 13.1 Å². The number of carboxylic acid groups (broad SMARTS) is 1. The zero-order valence-electron chi connectivity index (χ0n) is 12.2. The number of aliphatic carboxylic acids is 1. The molecule has 1 saturated carbocycles. The van der Waals surface area contributed by atoms with Gasteiger partial charge in [-0.3, -0.25) is 9.59 Å². The quantitative estimate of drug-likeness (QED) is 0.728. The molecule has 1 aliphatic heterocycles. The molecule has 4 atom stereocenters. The van der Waals surface area contributed by atoms with Crippen LogP contribution in [0.1, 0.15) is 45.4 Å². The third kappa shape index (κ3) is 3.95. The molecule has 114 valence electrons. The van der Waals surface area contributed by atoms with E-state index in [4.69, 9.17) is 0 Å². The van der Waals surface area contributed by atoms with Gasteiger partial charge in [-0.2, -0.15) is 0 Å². The van der Waals surface area contributed by atoms with E-state index in [0.717, 1.165) is 45.1 Å². The average molecular weight is 282 g/mol. The van der Waals surface area contributed by atoms with Gasteiger partial charge in [-0.05, 0) is 44.1 Å². The Bertz CT molecular complexity index is 359. The summed E-state index contributed by atoms with van der Waals surface area (Å²) in [5.41, 5.74) is 0. The molecule has 1 amide bonds.